The molecule has 2 aliphatic rings. The Morgan fingerprint density at radius 1 is 1.29 bits per heavy atom. The molecule has 2 aromatic heterocycles. The molecule has 152 valence electrons. The molecule has 10 heteroatoms. The Morgan fingerprint density at radius 3 is 2.61 bits per heavy atom. The van der Waals surface area contributed by atoms with Crippen LogP contribution in [0.3, 0.4) is 0 Å². The average Bonchev–Trinajstić information content (AvgIpc) is 3.31. The van der Waals surface area contributed by atoms with Crippen LogP contribution in [-0.2, 0) is 21.8 Å². The minimum Gasteiger partial charge on any atom is -0.378 e. The number of hydrogen-bond donors (Lipinski definition) is 1. The van der Waals surface area contributed by atoms with E-state index < -0.39 is 10.0 Å². The standard InChI is InChI=1S/C18H24N4O4S2/c1-11-16(18(23)22-6-8-26-9-7-22)27-17(19-11)14-10-15(12(2)21(14)3)28(24,25)20-13-4-5-13/h10,13,20H,4-9H2,1-3H3. The van der Waals surface area contributed by atoms with E-state index in [1.54, 1.807) is 17.9 Å². The SMILES string of the molecule is Cc1nc(-c2cc(S(=O)(=O)NC3CC3)c(C)n2C)sc1C(=O)N1CCOCC1. The maximum atomic E-state index is 12.8. The zero-order valence-electron chi connectivity index (χ0n) is 16.2. The normalized spacial score (nSPS) is 17.9. The Balaban J connectivity index is 1.66. The number of nitrogens with one attached hydrogen (secondary N) is 1. The molecule has 0 unspecified atom stereocenters. The fourth-order valence-electron chi connectivity index (χ4n) is 3.25. The van der Waals surface area contributed by atoms with Crippen LogP contribution in [0.5, 0.6) is 0 Å². The van der Waals surface area contributed by atoms with Crippen molar-refractivity contribution >= 4 is 27.3 Å². The predicted octanol–water partition coefficient (Wildman–Crippen LogP) is 1.68. The van der Waals surface area contributed by atoms with Gasteiger partial charge in [0, 0.05) is 31.9 Å². The van der Waals surface area contributed by atoms with Crippen LogP contribution in [0.15, 0.2) is 11.0 Å². The highest BCUT2D eigenvalue weighted by Crippen LogP contribution is 2.33. The summed E-state index contributed by atoms with van der Waals surface area (Å²) in [7, 11) is -1.74. The molecule has 1 aliphatic heterocycles. The van der Waals surface area contributed by atoms with Gasteiger partial charge < -0.3 is 14.2 Å². The third kappa shape index (κ3) is 3.61. The van der Waals surface area contributed by atoms with E-state index in [9.17, 15) is 13.2 Å². The van der Waals surface area contributed by atoms with Gasteiger partial charge in [0.15, 0.2) is 0 Å². The van der Waals surface area contributed by atoms with Gasteiger partial charge in [-0.3, -0.25) is 4.79 Å². The van der Waals surface area contributed by atoms with Crippen LogP contribution >= 0.6 is 11.3 Å². The summed E-state index contributed by atoms with van der Waals surface area (Å²) >= 11 is 1.31. The van der Waals surface area contributed by atoms with Gasteiger partial charge >= 0.3 is 0 Å². The zero-order chi connectivity index (χ0) is 20.1. The maximum absolute atomic E-state index is 12.8. The van der Waals surface area contributed by atoms with Crippen molar-refractivity contribution in [3.05, 3.63) is 22.3 Å². The van der Waals surface area contributed by atoms with E-state index >= 15 is 0 Å². The van der Waals surface area contributed by atoms with Crippen molar-refractivity contribution in [2.24, 2.45) is 7.05 Å². The Bertz CT molecular complexity index is 1010. The number of ether oxygens (including phenoxy) is 1. The Morgan fingerprint density at radius 2 is 1.96 bits per heavy atom. The van der Waals surface area contributed by atoms with E-state index in [0.717, 1.165) is 12.8 Å². The molecule has 8 nitrogen and oxygen atoms in total. The summed E-state index contributed by atoms with van der Waals surface area (Å²) in [5, 5.41) is 0.646. The molecule has 1 aliphatic carbocycles. The fourth-order valence-corrected chi connectivity index (χ4v) is 5.93. The molecule has 2 aromatic rings. The van der Waals surface area contributed by atoms with E-state index in [1.165, 1.54) is 11.3 Å². The lowest BCUT2D eigenvalue weighted by Gasteiger charge is -2.26. The van der Waals surface area contributed by atoms with Crippen LogP contribution < -0.4 is 4.72 Å². The molecular weight excluding hydrogens is 400 g/mol. The molecule has 0 spiro atoms. The van der Waals surface area contributed by atoms with Crippen molar-refractivity contribution < 1.29 is 17.9 Å². The summed E-state index contributed by atoms with van der Waals surface area (Å²) in [4.78, 5) is 20.0. The number of rotatable bonds is 5. The number of aryl methyl sites for hydroxylation is 1. The average molecular weight is 425 g/mol. The highest BCUT2D eigenvalue weighted by molar-refractivity contribution is 7.89. The first kappa shape index (κ1) is 19.6. The molecule has 1 N–H and O–H groups in total. The molecule has 0 atom stereocenters. The van der Waals surface area contributed by atoms with Crippen LogP contribution in [0.25, 0.3) is 10.7 Å². The summed E-state index contributed by atoms with van der Waals surface area (Å²) in [6.07, 6.45) is 1.77. The van der Waals surface area contributed by atoms with Gasteiger partial charge in [0.2, 0.25) is 10.0 Å². The molecule has 0 bridgehead atoms. The van der Waals surface area contributed by atoms with Gasteiger partial charge in [-0.2, -0.15) is 0 Å². The molecule has 1 saturated carbocycles. The summed E-state index contributed by atoms with van der Waals surface area (Å²) < 4.78 is 35.2. The number of carbonyl (C=O) groups is 1. The first-order chi connectivity index (χ1) is 13.3. The van der Waals surface area contributed by atoms with E-state index in [2.05, 4.69) is 9.71 Å². The number of aromatic nitrogens is 2. The van der Waals surface area contributed by atoms with Gasteiger partial charge in [-0.1, -0.05) is 0 Å². The van der Waals surface area contributed by atoms with Crippen molar-refractivity contribution in [3.8, 4) is 10.7 Å². The van der Waals surface area contributed by atoms with Crippen LogP contribution in [0.1, 0.15) is 33.9 Å². The van der Waals surface area contributed by atoms with Gasteiger partial charge in [-0.15, -0.1) is 11.3 Å². The van der Waals surface area contributed by atoms with Crippen LogP contribution in [0.4, 0.5) is 0 Å². The molecule has 28 heavy (non-hydrogen) atoms. The van der Waals surface area contributed by atoms with Gasteiger partial charge in [0.1, 0.15) is 14.8 Å². The number of thiazole rings is 1. The largest absolute Gasteiger partial charge is 0.378 e. The van der Waals surface area contributed by atoms with Gasteiger partial charge in [-0.05, 0) is 32.8 Å². The second-order valence-corrected chi connectivity index (χ2v) is 9.95. The van der Waals surface area contributed by atoms with Crippen LogP contribution in [0, 0.1) is 13.8 Å². The Hall–Kier alpha value is -1.75. The number of nitrogens with zero attached hydrogens (tertiary/aromatic N) is 3. The van der Waals surface area contributed by atoms with Crippen molar-refractivity contribution in [1.82, 2.24) is 19.2 Å². The highest BCUT2D eigenvalue weighted by Gasteiger charge is 2.31. The molecule has 3 heterocycles. The van der Waals surface area contributed by atoms with E-state index in [4.69, 9.17) is 4.74 Å². The molecule has 1 saturated heterocycles. The lowest BCUT2D eigenvalue weighted by Crippen LogP contribution is -2.40. The van der Waals surface area contributed by atoms with Crippen LogP contribution in [-0.4, -0.2) is 61.1 Å². The molecule has 4 rings (SSSR count). The molecular formula is C18H24N4O4S2. The van der Waals surface area contributed by atoms with Crippen molar-refractivity contribution in [2.75, 3.05) is 26.3 Å². The second kappa shape index (κ2) is 7.25. The number of sulfonamides is 1. The van der Waals surface area contributed by atoms with Gasteiger partial charge in [-0.25, -0.2) is 18.1 Å². The molecule has 0 radical (unpaired) electrons. The van der Waals surface area contributed by atoms with E-state index in [1.807, 2.05) is 18.5 Å². The summed E-state index contributed by atoms with van der Waals surface area (Å²) in [6.45, 7) is 5.83. The second-order valence-electron chi connectivity index (χ2n) is 7.27. The monoisotopic (exact) mass is 424 g/mol. The summed E-state index contributed by atoms with van der Waals surface area (Å²) in [6, 6.07) is 1.70. The smallest absolute Gasteiger partial charge is 0.266 e. The Labute approximate surface area is 168 Å². The Kier molecular flexibility index (Phi) is 5.07. The summed E-state index contributed by atoms with van der Waals surface area (Å²) in [5.74, 6) is -0.0428. The van der Waals surface area contributed by atoms with Gasteiger partial charge in [0.05, 0.1) is 24.6 Å². The molecule has 1 amide bonds. The summed E-state index contributed by atoms with van der Waals surface area (Å²) in [5.41, 5.74) is 2.01. The van der Waals surface area contributed by atoms with E-state index in [0.29, 0.717) is 53.3 Å². The third-order valence-corrected chi connectivity index (χ3v) is 7.99. The van der Waals surface area contributed by atoms with Gasteiger partial charge in [0.25, 0.3) is 5.91 Å². The quantitative estimate of drug-likeness (QED) is 0.788. The van der Waals surface area contributed by atoms with Crippen molar-refractivity contribution in [2.45, 2.75) is 37.6 Å². The molecule has 0 aromatic carbocycles. The number of amides is 1. The van der Waals surface area contributed by atoms with E-state index in [-0.39, 0.29) is 16.8 Å². The van der Waals surface area contributed by atoms with Crippen LogP contribution in [0.2, 0.25) is 0 Å². The number of hydrogen-bond acceptors (Lipinski definition) is 6. The maximum Gasteiger partial charge on any atom is 0.266 e. The lowest BCUT2D eigenvalue weighted by atomic mass is 10.3. The molecule has 2 fully saturated rings. The fraction of sp³-hybridized carbons (Fsp3) is 0.556. The van der Waals surface area contributed by atoms with Crippen molar-refractivity contribution in [1.29, 1.82) is 0 Å². The number of carbonyl (C=O) groups excluding carboxylic acids is 1. The highest BCUT2D eigenvalue weighted by atomic mass is 32.2. The topological polar surface area (TPSA) is 93.5 Å². The zero-order valence-corrected chi connectivity index (χ0v) is 17.8. The third-order valence-electron chi connectivity index (χ3n) is 5.19. The minimum absolute atomic E-state index is 0.0428. The predicted molar refractivity (Wildman–Crippen MR) is 106 cm³/mol. The minimum atomic E-state index is -3.56. The first-order valence-electron chi connectivity index (χ1n) is 9.31. The first-order valence-corrected chi connectivity index (χ1v) is 11.6. The lowest BCUT2D eigenvalue weighted by molar-refractivity contribution is 0.0305. The number of morpholine rings is 1. The van der Waals surface area contributed by atoms with Crippen molar-refractivity contribution in [3.63, 3.8) is 0 Å².